The van der Waals surface area contributed by atoms with Gasteiger partial charge in [-0.3, -0.25) is 19.7 Å². The number of piperidine rings is 1. The van der Waals surface area contributed by atoms with Gasteiger partial charge in [0.25, 0.3) is 11.6 Å². The number of nitrogens with zero attached hydrogens (tertiary/aromatic N) is 3. The Morgan fingerprint density at radius 1 is 1.33 bits per heavy atom. The molecule has 9 nitrogen and oxygen atoms in total. The van der Waals surface area contributed by atoms with Crippen LogP contribution in [0.5, 0.6) is 5.75 Å². The van der Waals surface area contributed by atoms with Crippen LogP contribution in [-0.4, -0.2) is 52.5 Å². The van der Waals surface area contributed by atoms with Gasteiger partial charge in [0.1, 0.15) is 17.1 Å². The molecule has 1 N–H and O–H groups in total. The van der Waals surface area contributed by atoms with E-state index >= 15 is 0 Å². The summed E-state index contributed by atoms with van der Waals surface area (Å²) in [6.07, 6.45) is -2.10. The summed E-state index contributed by atoms with van der Waals surface area (Å²) >= 11 is 0. The SMILES string of the molecule is Cc1cccnc1NC(=O)C1CCCN(C(=O)c2cc(OCC(F)(F)F)ccc2[N+](=O)[O-])C1. The van der Waals surface area contributed by atoms with Gasteiger partial charge < -0.3 is 15.0 Å². The Kier molecular flexibility index (Phi) is 7.14. The third kappa shape index (κ3) is 6.18. The van der Waals surface area contributed by atoms with Crippen molar-refractivity contribution in [1.29, 1.82) is 0 Å². The van der Waals surface area contributed by atoms with Gasteiger partial charge in [-0.25, -0.2) is 4.98 Å². The van der Waals surface area contributed by atoms with E-state index in [2.05, 4.69) is 15.0 Å². The first-order valence-electron chi connectivity index (χ1n) is 10.0. The number of carbonyl (C=O) groups excluding carboxylic acids is 2. The monoisotopic (exact) mass is 466 g/mol. The van der Waals surface area contributed by atoms with E-state index in [1.165, 1.54) is 11.1 Å². The van der Waals surface area contributed by atoms with Crippen LogP contribution in [0.15, 0.2) is 36.5 Å². The Morgan fingerprint density at radius 3 is 2.76 bits per heavy atom. The molecule has 1 aliphatic rings. The number of alkyl halides is 3. The maximum absolute atomic E-state index is 13.1. The van der Waals surface area contributed by atoms with Gasteiger partial charge in [-0.1, -0.05) is 6.07 Å². The minimum absolute atomic E-state index is 0.00133. The van der Waals surface area contributed by atoms with Crippen LogP contribution in [0, 0.1) is 23.0 Å². The lowest BCUT2D eigenvalue weighted by atomic mass is 9.96. The third-order valence-electron chi connectivity index (χ3n) is 5.13. The van der Waals surface area contributed by atoms with Crippen LogP contribution in [0.25, 0.3) is 0 Å². The molecule has 12 heteroatoms. The first-order valence-corrected chi connectivity index (χ1v) is 10.0. The minimum Gasteiger partial charge on any atom is -0.484 e. The summed E-state index contributed by atoms with van der Waals surface area (Å²) in [6, 6.07) is 6.37. The number of halogens is 3. The molecule has 0 aliphatic carbocycles. The van der Waals surface area contributed by atoms with Gasteiger partial charge in [0.15, 0.2) is 6.61 Å². The molecule has 0 radical (unpaired) electrons. The average molecular weight is 466 g/mol. The number of aryl methyl sites for hydroxylation is 1. The second-order valence-corrected chi connectivity index (χ2v) is 7.59. The lowest BCUT2D eigenvalue weighted by molar-refractivity contribution is -0.385. The summed E-state index contributed by atoms with van der Waals surface area (Å²) < 4.78 is 42.0. The van der Waals surface area contributed by atoms with Gasteiger partial charge >= 0.3 is 6.18 Å². The van der Waals surface area contributed by atoms with Crippen LogP contribution in [0.3, 0.4) is 0 Å². The number of carbonyl (C=O) groups is 2. The Balaban J connectivity index is 1.77. The predicted octanol–water partition coefficient (Wildman–Crippen LogP) is 3.73. The van der Waals surface area contributed by atoms with E-state index in [-0.39, 0.29) is 24.7 Å². The fourth-order valence-corrected chi connectivity index (χ4v) is 3.48. The van der Waals surface area contributed by atoms with Crippen LogP contribution in [0.2, 0.25) is 0 Å². The van der Waals surface area contributed by atoms with Crippen molar-refractivity contribution < 1.29 is 32.4 Å². The number of ether oxygens (including phenoxy) is 1. The lowest BCUT2D eigenvalue weighted by Crippen LogP contribution is -2.44. The second kappa shape index (κ2) is 9.84. The van der Waals surface area contributed by atoms with E-state index in [4.69, 9.17) is 0 Å². The van der Waals surface area contributed by atoms with E-state index in [0.717, 1.165) is 23.8 Å². The zero-order valence-electron chi connectivity index (χ0n) is 17.6. The molecule has 33 heavy (non-hydrogen) atoms. The smallest absolute Gasteiger partial charge is 0.422 e. The van der Waals surface area contributed by atoms with E-state index in [1.54, 1.807) is 19.1 Å². The molecule has 1 fully saturated rings. The van der Waals surface area contributed by atoms with Crippen LogP contribution in [-0.2, 0) is 4.79 Å². The molecule has 1 aliphatic heterocycles. The van der Waals surface area contributed by atoms with E-state index < -0.39 is 40.8 Å². The molecule has 1 saturated heterocycles. The number of nitrogens with one attached hydrogen (secondary N) is 1. The largest absolute Gasteiger partial charge is 0.484 e. The summed E-state index contributed by atoms with van der Waals surface area (Å²) in [6.45, 7) is 0.432. The molecule has 0 spiro atoms. The molecule has 0 bridgehead atoms. The fraction of sp³-hybridized carbons (Fsp3) is 0.381. The van der Waals surface area contributed by atoms with Crippen molar-refractivity contribution in [2.45, 2.75) is 25.9 Å². The Bertz CT molecular complexity index is 1060. The summed E-state index contributed by atoms with van der Waals surface area (Å²) in [5.74, 6) is -1.60. The number of likely N-dealkylation sites (tertiary alicyclic amines) is 1. The Morgan fingerprint density at radius 2 is 2.09 bits per heavy atom. The van der Waals surface area contributed by atoms with Crippen molar-refractivity contribution in [3.05, 3.63) is 57.8 Å². The van der Waals surface area contributed by atoms with Crippen molar-refractivity contribution in [3.63, 3.8) is 0 Å². The van der Waals surface area contributed by atoms with Crippen LogP contribution in [0.1, 0.15) is 28.8 Å². The highest BCUT2D eigenvalue weighted by molar-refractivity contribution is 5.99. The number of rotatable bonds is 6. The number of nitro groups is 1. The summed E-state index contributed by atoms with van der Waals surface area (Å²) in [5, 5.41) is 14.1. The first kappa shape index (κ1) is 24.0. The topological polar surface area (TPSA) is 115 Å². The normalized spacial score (nSPS) is 16.2. The molecule has 1 atom stereocenters. The molecule has 1 unspecified atom stereocenters. The average Bonchev–Trinajstić information content (AvgIpc) is 2.78. The number of hydrogen-bond acceptors (Lipinski definition) is 6. The number of amides is 2. The molecule has 2 amide bonds. The number of hydrogen-bond donors (Lipinski definition) is 1. The zero-order valence-corrected chi connectivity index (χ0v) is 17.6. The molecule has 1 aromatic heterocycles. The number of anilines is 1. The number of benzene rings is 1. The maximum atomic E-state index is 13.1. The molecule has 2 aromatic rings. The van der Waals surface area contributed by atoms with Crippen LogP contribution < -0.4 is 10.1 Å². The van der Waals surface area contributed by atoms with E-state index in [9.17, 15) is 32.9 Å². The van der Waals surface area contributed by atoms with E-state index in [0.29, 0.717) is 18.7 Å². The van der Waals surface area contributed by atoms with Crippen molar-refractivity contribution in [3.8, 4) is 5.75 Å². The van der Waals surface area contributed by atoms with Crippen molar-refractivity contribution in [2.24, 2.45) is 5.92 Å². The van der Waals surface area contributed by atoms with Crippen LogP contribution in [0.4, 0.5) is 24.7 Å². The quantitative estimate of drug-likeness (QED) is 0.513. The van der Waals surface area contributed by atoms with Gasteiger partial charge in [0.05, 0.1) is 10.8 Å². The third-order valence-corrected chi connectivity index (χ3v) is 5.13. The standard InChI is InChI=1S/C21H21F3N4O5/c1-13-4-2-8-25-18(13)26-19(29)14-5-3-9-27(11-14)20(30)16-10-15(33-12-21(22,23)24)6-7-17(16)28(31)32/h2,4,6-8,10,14H,3,5,9,11-12H2,1H3,(H,25,26,29). The summed E-state index contributed by atoms with van der Waals surface area (Å²) in [5.41, 5.74) is -0.197. The maximum Gasteiger partial charge on any atom is 0.422 e. The summed E-state index contributed by atoms with van der Waals surface area (Å²) in [4.78, 5) is 41.8. The molecular weight excluding hydrogens is 445 g/mol. The highest BCUT2D eigenvalue weighted by Gasteiger charge is 2.33. The predicted molar refractivity (Wildman–Crippen MR) is 111 cm³/mol. The fourth-order valence-electron chi connectivity index (χ4n) is 3.48. The first-order chi connectivity index (χ1) is 15.5. The highest BCUT2D eigenvalue weighted by atomic mass is 19.4. The van der Waals surface area contributed by atoms with Gasteiger partial charge in [0.2, 0.25) is 5.91 Å². The highest BCUT2D eigenvalue weighted by Crippen LogP contribution is 2.29. The van der Waals surface area contributed by atoms with Crippen molar-refractivity contribution >= 4 is 23.3 Å². The van der Waals surface area contributed by atoms with Crippen molar-refractivity contribution in [2.75, 3.05) is 25.0 Å². The van der Waals surface area contributed by atoms with Gasteiger partial charge in [-0.15, -0.1) is 0 Å². The second-order valence-electron chi connectivity index (χ2n) is 7.59. The van der Waals surface area contributed by atoms with Gasteiger partial charge in [-0.2, -0.15) is 13.2 Å². The van der Waals surface area contributed by atoms with Gasteiger partial charge in [-0.05, 0) is 43.5 Å². The molecule has 1 aromatic carbocycles. The zero-order chi connectivity index (χ0) is 24.2. The molecule has 176 valence electrons. The molecule has 3 rings (SSSR count). The lowest BCUT2D eigenvalue weighted by Gasteiger charge is -2.32. The van der Waals surface area contributed by atoms with E-state index in [1.807, 2.05) is 0 Å². The number of nitro benzene ring substituents is 1. The van der Waals surface area contributed by atoms with Crippen LogP contribution >= 0.6 is 0 Å². The van der Waals surface area contributed by atoms with Gasteiger partial charge in [0, 0.05) is 25.4 Å². The minimum atomic E-state index is -4.61. The van der Waals surface area contributed by atoms with Crippen molar-refractivity contribution in [1.82, 2.24) is 9.88 Å². The molecular formula is C21H21F3N4O5. The Labute approximate surface area is 186 Å². The molecule has 2 heterocycles. The summed E-state index contributed by atoms with van der Waals surface area (Å²) in [7, 11) is 0. The number of aromatic nitrogens is 1. The number of pyridine rings is 1. The Hall–Kier alpha value is -3.70. The molecule has 0 saturated carbocycles.